The molecule has 6 heteroatoms. The van der Waals surface area contributed by atoms with Crippen LogP contribution in [0.15, 0.2) is 83.1 Å². The van der Waals surface area contributed by atoms with E-state index in [1.54, 1.807) is 36.4 Å². The standard InChI is InChI=1S/C20H15ClN2O3/c21-15-8-10-16(11-9-15)22-19(24)17(13-14-5-2-1-3-6-14)23-20(25)18-7-4-12-26-18/h1-13H,(H,22,24)(H,23,25). The molecule has 0 saturated heterocycles. The quantitative estimate of drug-likeness (QED) is 0.660. The van der Waals surface area contributed by atoms with Crippen molar-refractivity contribution in [2.45, 2.75) is 0 Å². The van der Waals surface area contributed by atoms with E-state index in [4.69, 9.17) is 16.0 Å². The van der Waals surface area contributed by atoms with Gasteiger partial charge in [0.2, 0.25) is 0 Å². The highest BCUT2D eigenvalue weighted by atomic mass is 35.5. The number of furan rings is 1. The Morgan fingerprint density at radius 3 is 2.31 bits per heavy atom. The zero-order chi connectivity index (χ0) is 18.4. The normalized spacial score (nSPS) is 11.0. The smallest absolute Gasteiger partial charge is 0.291 e. The SMILES string of the molecule is O=C(Nc1ccc(Cl)cc1)C(=Cc1ccccc1)NC(=O)c1ccco1. The molecule has 0 aliphatic heterocycles. The number of carbonyl (C=O) groups is 2. The maximum Gasteiger partial charge on any atom is 0.291 e. The van der Waals surface area contributed by atoms with Crippen LogP contribution in [0.3, 0.4) is 0 Å². The van der Waals surface area contributed by atoms with Gasteiger partial charge in [-0.25, -0.2) is 0 Å². The lowest BCUT2D eigenvalue weighted by molar-refractivity contribution is -0.113. The van der Waals surface area contributed by atoms with E-state index in [9.17, 15) is 9.59 Å². The zero-order valence-electron chi connectivity index (χ0n) is 13.6. The number of rotatable bonds is 5. The van der Waals surface area contributed by atoms with Crippen LogP contribution in [0.1, 0.15) is 16.1 Å². The highest BCUT2D eigenvalue weighted by molar-refractivity contribution is 6.30. The minimum Gasteiger partial charge on any atom is -0.459 e. The topological polar surface area (TPSA) is 71.3 Å². The Hall–Kier alpha value is -3.31. The molecule has 0 fully saturated rings. The highest BCUT2D eigenvalue weighted by Gasteiger charge is 2.16. The van der Waals surface area contributed by atoms with E-state index in [1.165, 1.54) is 12.3 Å². The third-order valence-electron chi connectivity index (χ3n) is 3.45. The second-order valence-corrected chi connectivity index (χ2v) is 5.80. The highest BCUT2D eigenvalue weighted by Crippen LogP contribution is 2.15. The first-order chi connectivity index (χ1) is 12.6. The molecule has 2 amide bonds. The molecule has 130 valence electrons. The predicted molar refractivity (Wildman–Crippen MR) is 101 cm³/mol. The zero-order valence-corrected chi connectivity index (χ0v) is 14.4. The van der Waals surface area contributed by atoms with Gasteiger partial charge in [-0.05, 0) is 48.0 Å². The lowest BCUT2D eigenvalue weighted by atomic mass is 10.2. The summed E-state index contributed by atoms with van der Waals surface area (Å²) in [6.07, 6.45) is 2.98. The summed E-state index contributed by atoms with van der Waals surface area (Å²) in [7, 11) is 0. The second kappa shape index (κ2) is 8.18. The van der Waals surface area contributed by atoms with E-state index in [2.05, 4.69) is 10.6 Å². The largest absolute Gasteiger partial charge is 0.459 e. The summed E-state index contributed by atoms with van der Waals surface area (Å²) in [6.45, 7) is 0. The molecule has 0 spiro atoms. The fourth-order valence-corrected chi connectivity index (χ4v) is 2.32. The van der Waals surface area contributed by atoms with Gasteiger partial charge >= 0.3 is 0 Å². The van der Waals surface area contributed by atoms with Gasteiger partial charge in [-0.1, -0.05) is 41.9 Å². The van der Waals surface area contributed by atoms with E-state index in [-0.39, 0.29) is 11.5 Å². The van der Waals surface area contributed by atoms with E-state index >= 15 is 0 Å². The molecule has 3 rings (SSSR count). The summed E-state index contributed by atoms with van der Waals surface area (Å²) in [5.41, 5.74) is 1.42. The molecule has 0 saturated carbocycles. The first kappa shape index (κ1) is 17.5. The van der Waals surface area contributed by atoms with Gasteiger partial charge in [0, 0.05) is 10.7 Å². The molecule has 3 aromatic rings. The molecule has 0 aliphatic carbocycles. The van der Waals surface area contributed by atoms with Gasteiger partial charge in [0.25, 0.3) is 11.8 Å². The first-order valence-corrected chi connectivity index (χ1v) is 8.18. The van der Waals surface area contributed by atoms with Crippen molar-refractivity contribution in [3.8, 4) is 0 Å². The fraction of sp³-hybridized carbons (Fsp3) is 0. The molecular formula is C20H15ClN2O3. The fourth-order valence-electron chi connectivity index (χ4n) is 2.20. The average Bonchev–Trinajstić information content (AvgIpc) is 3.19. The Morgan fingerprint density at radius 1 is 0.923 bits per heavy atom. The summed E-state index contributed by atoms with van der Waals surface area (Å²) >= 11 is 5.85. The van der Waals surface area contributed by atoms with Crippen molar-refractivity contribution in [1.29, 1.82) is 0 Å². The molecule has 1 aromatic heterocycles. The number of nitrogens with one attached hydrogen (secondary N) is 2. The lowest BCUT2D eigenvalue weighted by Gasteiger charge is -2.10. The Balaban J connectivity index is 1.84. The van der Waals surface area contributed by atoms with Gasteiger partial charge in [-0.3, -0.25) is 9.59 Å². The van der Waals surface area contributed by atoms with Gasteiger partial charge in [0.15, 0.2) is 5.76 Å². The van der Waals surface area contributed by atoms with Crippen LogP contribution in [0.25, 0.3) is 6.08 Å². The van der Waals surface area contributed by atoms with E-state index in [0.29, 0.717) is 10.7 Å². The van der Waals surface area contributed by atoms with Crippen molar-refractivity contribution >= 4 is 35.2 Å². The monoisotopic (exact) mass is 366 g/mol. The molecule has 0 atom stereocenters. The number of anilines is 1. The molecular weight excluding hydrogens is 352 g/mol. The van der Waals surface area contributed by atoms with Crippen molar-refractivity contribution < 1.29 is 14.0 Å². The molecule has 0 aliphatic rings. The third kappa shape index (κ3) is 4.62. The van der Waals surface area contributed by atoms with Crippen LogP contribution < -0.4 is 10.6 Å². The van der Waals surface area contributed by atoms with Crippen molar-refractivity contribution in [3.63, 3.8) is 0 Å². The summed E-state index contributed by atoms with van der Waals surface area (Å²) in [6, 6.07) is 19.0. The predicted octanol–water partition coefficient (Wildman–Crippen LogP) is 4.34. The number of hydrogen-bond donors (Lipinski definition) is 2. The number of hydrogen-bond acceptors (Lipinski definition) is 3. The van der Waals surface area contributed by atoms with Crippen molar-refractivity contribution in [2.75, 3.05) is 5.32 Å². The van der Waals surface area contributed by atoms with Crippen LogP contribution >= 0.6 is 11.6 Å². The van der Waals surface area contributed by atoms with Gasteiger partial charge in [0.05, 0.1) is 6.26 Å². The van der Waals surface area contributed by atoms with E-state index < -0.39 is 11.8 Å². The summed E-state index contributed by atoms with van der Waals surface area (Å²) in [4.78, 5) is 24.9. The maximum atomic E-state index is 12.6. The second-order valence-electron chi connectivity index (χ2n) is 5.36. The molecule has 0 radical (unpaired) electrons. The van der Waals surface area contributed by atoms with Crippen LogP contribution in [0.5, 0.6) is 0 Å². The van der Waals surface area contributed by atoms with Gasteiger partial charge in [-0.15, -0.1) is 0 Å². The van der Waals surface area contributed by atoms with Crippen LogP contribution in [0.4, 0.5) is 5.69 Å². The summed E-state index contributed by atoms with van der Waals surface area (Å²) in [5, 5.41) is 5.88. The van der Waals surface area contributed by atoms with E-state index in [1.807, 2.05) is 30.3 Å². The Morgan fingerprint density at radius 2 is 1.65 bits per heavy atom. The van der Waals surface area contributed by atoms with Crippen LogP contribution in [-0.4, -0.2) is 11.8 Å². The van der Waals surface area contributed by atoms with Crippen molar-refractivity contribution in [3.05, 3.63) is 95.0 Å². The third-order valence-corrected chi connectivity index (χ3v) is 3.70. The van der Waals surface area contributed by atoms with Crippen LogP contribution in [0, 0.1) is 0 Å². The summed E-state index contributed by atoms with van der Waals surface area (Å²) < 4.78 is 5.07. The van der Waals surface area contributed by atoms with Gasteiger partial charge < -0.3 is 15.1 Å². The minimum absolute atomic E-state index is 0.0903. The van der Waals surface area contributed by atoms with Crippen LogP contribution in [0.2, 0.25) is 5.02 Å². The Kier molecular flexibility index (Phi) is 5.51. The molecule has 2 aromatic carbocycles. The van der Waals surface area contributed by atoms with Crippen molar-refractivity contribution in [2.24, 2.45) is 0 Å². The number of amides is 2. The number of benzene rings is 2. The Bertz CT molecular complexity index is 917. The average molecular weight is 367 g/mol. The van der Waals surface area contributed by atoms with E-state index in [0.717, 1.165) is 5.56 Å². The summed E-state index contributed by atoms with van der Waals surface area (Å²) in [5.74, 6) is -0.859. The van der Waals surface area contributed by atoms with Gasteiger partial charge in [-0.2, -0.15) is 0 Å². The number of halogens is 1. The van der Waals surface area contributed by atoms with Crippen LogP contribution in [-0.2, 0) is 4.79 Å². The maximum absolute atomic E-state index is 12.6. The number of carbonyl (C=O) groups excluding carboxylic acids is 2. The van der Waals surface area contributed by atoms with Crippen molar-refractivity contribution in [1.82, 2.24) is 5.32 Å². The Labute approximate surface area is 155 Å². The molecule has 2 N–H and O–H groups in total. The molecule has 0 unspecified atom stereocenters. The van der Waals surface area contributed by atoms with Gasteiger partial charge in [0.1, 0.15) is 5.70 Å². The molecule has 5 nitrogen and oxygen atoms in total. The molecule has 0 bridgehead atoms. The minimum atomic E-state index is -0.511. The molecule has 1 heterocycles. The lowest BCUT2D eigenvalue weighted by Crippen LogP contribution is -2.30. The molecule has 26 heavy (non-hydrogen) atoms. The first-order valence-electron chi connectivity index (χ1n) is 7.80.